The number of aryl methyl sites for hydroxylation is 3. The maximum absolute atomic E-state index is 3.43. The van der Waals surface area contributed by atoms with Crippen LogP contribution in [0.1, 0.15) is 41.0 Å². The van der Waals surface area contributed by atoms with Crippen LogP contribution >= 0.6 is 0 Å². The molecular weight excluding hydrogens is 182 g/mol. The molecule has 1 aromatic carbocycles. The summed E-state index contributed by atoms with van der Waals surface area (Å²) in [4.78, 5) is 0. The highest BCUT2D eigenvalue weighted by molar-refractivity contribution is 5.38. The van der Waals surface area contributed by atoms with Crippen molar-refractivity contribution < 1.29 is 0 Å². The van der Waals surface area contributed by atoms with E-state index in [0.717, 1.165) is 5.92 Å². The molecule has 1 nitrogen and oxygen atoms in total. The Hall–Kier alpha value is -0.820. The molecule has 1 aliphatic rings. The minimum atomic E-state index is 0.783. The van der Waals surface area contributed by atoms with Gasteiger partial charge in [-0.15, -0.1) is 0 Å². The Morgan fingerprint density at radius 1 is 0.933 bits per heavy atom. The van der Waals surface area contributed by atoms with Gasteiger partial charge in [0.1, 0.15) is 0 Å². The van der Waals surface area contributed by atoms with Crippen LogP contribution in [-0.4, -0.2) is 13.1 Å². The van der Waals surface area contributed by atoms with Crippen LogP contribution in [0.5, 0.6) is 0 Å². The summed E-state index contributed by atoms with van der Waals surface area (Å²) in [5.41, 5.74) is 5.92. The number of nitrogens with one attached hydrogen (secondary N) is 1. The van der Waals surface area contributed by atoms with Crippen LogP contribution in [0.25, 0.3) is 0 Å². The minimum Gasteiger partial charge on any atom is -0.317 e. The maximum Gasteiger partial charge on any atom is -0.00431 e. The van der Waals surface area contributed by atoms with Crippen LogP contribution in [0.2, 0.25) is 0 Å². The fraction of sp³-hybridized carbons (Fsp3) is 0.571. The van der Waals surface area contributed by atoms with E-state index in [1.165, 1.54) is 42.6 Å². The van der Waals surface area contributed by atoms with Crippen molar-refractivity contribution in [2.24, 2.45) is 0 Å². The summed E-state index contributed by atoms with van der Waals surface area (Å²) in [7, 11) is 0. The number of hydrogen-bond acceptors (Lipinski definition) is 1. The molecule has 0 saturated carbocycles. The summed E-state index contributed by atoms with van der Waals surface area (Å²) in [6.07, 6.45) is 2.59. The molecule has 0 radical (unpaired) electrons. The van der Waals surface area contributed by atoms with Gasteiger partial charge in [0.15, 0.2) is 0 Å². The number of hydrogen-bond donors (Lipinski definition) is 1. The molecule has 1 heterocycles. The summed E-state index contributed by atoms with van der Waals surface area (Å²) in [6.45, 7) is 9.03. The van der Waals surface area contributed by atoms with E-state index in [4.69, 9.17) is 0 Å². The van der Waals surface area contributed by atoms with Gasteiger partial charge >= 0.3 is 0 Å². The SMILES string of the molecule is Cc1cc(C)c(C2CCNCC2)cc1C. The minimum absolute atomic E-state index is 0.783. The average molecular weight is 203 g/mol. The van der Waals surface area contributed by atoms with E-state index in [0.29, 0.717) is 0 Å². The first-order valence-corrected chi connectivity index (χ1v) is 5.97. The summed E-state index contributed by atoms with van der Waals surface area (Å²) in [5, 5.41) is 3.43. The zero-order valence-corrected chi connectivity index (χ0v) is 10.1. The number of benzene rings is 1. The lowest BCUT2D eigenvalue weighted by molar-refractivity contribution is 0.459. The molecule has 1 aliphatic heterocycles. The lowest BCUT2D eigenvalue weighted by atomic mass is 9.85. The molecule has 2 rings (SSSR count). The standard InChI is InChI=1S/C14H21N/c1-10-8-12(3)14(9-11(10)2)13-4-6-15-7-5-13/h8-9,13,15H,4-7H2,1-3H3. The highest BCUT2D eigenvalue weighted by Gasteiger charge is 2.17. The molecule has 1 heteroatoms. The Kier molecular flexibility index (Phi) is 3.11. The van der Waals surface area contributed by atoms with Crippen LogP contribution in [-0.2, 0) is 0 Å². The molecule has 1 N–H and O–H groups in total. The van der Waals surface area contributed by atoms with Gasteiger partial charge in [0, 0.05) is 0 Å². The molecular formula is C14H21N. The normalized spacial score (nSPS) is 18.1. The molecule has 1 fully saturated rings. The van der Waals surface area contributed by atoms with Gasteiger partial charge in [0.05, 0.1) is 0 Å². The number of rotatable bonds is 1. The van der Waals surface area contributed by atoms with Crippen molar-refractivity contribution in [2.45, 2.75) is 39.5 Å². The third-order valence-electron chi connectivity index (χ3n) is 3.66. The summed E-state index contributed by atoms with van der Waals surface area (Å²) in [5.74, 6) is 0.783. The second-order valence-electron chi connectivity index (χ2n) is 4.82. The predicted octanol–water partition coefficient (Wildman–Crippen LogP) is 3.08. The van der Waals surface area contributed by atoms with E-state index < -0.39 is 0 Å². The van der Waals surface area contributed by atoms with Gasteiger partial charge in [-0.05, 0) is 74.9 Å². The van der Waals surface area contributed by atoms with E-state index in [1.54, 1.807) is 5.56 Å². The second-order valence-corrected chi connectivity index (χ2v) is 4.82. The lowest BCUT2D eigenvalue weighted by Gasteiger charge is -2.25. The summed E-state index contributed by atoms with van der Waals surface area (Å²) >= 11 is 0. The Morgan fingerprint density at radius 3 is 2.20 bits per heavy atom. The largest absolute Gasteiger partial charge is 0.317 e. The van der Waals surface area contributed by atoms with Gasteiger partial charge in [-0.1, -0.05) is 12.1 Å². The van der Waals surface area contributed by atoms with Crippen molar-refractivity contribution in [1.29, 1.82) is 0 Å². The van der Waals surface area contributed by atoms with Crippen LogP contribution in [0, 0.1) is 20.8 Å². The fourth-order valence-corrected chi connectivity index (χ4v) is 2.56. The second kappa shape index (κ2) is 4.36. The zero-order chi connectivity index (χ0) is 10.8. The van der Waals surface area contributed by atoms with E-state index in [2.05, 4.69) is 38.2 Å². The van der Waals surface area contributed by atoms with Gasteiger partial charge in [0.2, 0.25) is 0 Å². The van der Waals surface area contributed by atoms with E-state index >= 15 is 0 Å². The van der Waals surface area contributed by atoms with Crippen LogP contribution in [0.15, 0.2) is 12.1 Å². The van der Waals surface area contributed by atoms with Crippen molar-refractivity contribution in [3.8, 4) is 0 Å². The monoisotopic (exact) mass is 203 g/mol. The van der Waals surface area contributed by atoms with Crippen LogP contribution in [0.4, 0.5) is 0 Å². The molecule has 1 aromatic rings. The number of piperidine rings is 1. The van der Waals surface area contributed by atoms with Gasteiger partial charge in [0.25, 0.3) is 0 Å². The molecule has 1 saturated heterocycles. The molecule has 15 heavy (non-hydrogen) atoms. The maximum atomic E-state index is 3.43. The fourth-order valence-electron chi connectivity index (χ4n) is 2.56. The molecule has 82 valence electrons. The average Bonchev–Trinajstić information content (AvgIpc) is 2.25. The summed E-state index contributed by atoms with van der Waals surface area (Å²) < 4.78 is 0. The molecule has 0 bridgehead atoms. The van der Waals surface area contributed by atoms with Crippen LogP contribution in [0.3, 0.4) is 0 Å². The van der Waals surface area contributed by atoms with E-state index in [1.807, 2.05) is 0 Å². The highest BCUT2D eigenvalue weighted by Crippen LogP contribution is 2.29. The molecule has 0 atom stereocenters. The van der Waals surface area contributed by atoms with Gasteiger partial charge in [-0.25, -0.2) is 0 Å². The Morgan fingerprint density at radius 2 is 1.53 bits per heavy atom. The lowest BCUT2D eigenvalue weighted by Crippen LogP contribution is -2.27. The molecule has 0 amide bonds. The van der Waals surface area contributed by atoms with Crippen molar-refractivity contribution in [1.82, 2.24) is 5.32 Å². The third-order valence-corrected chi connectivity index (χ3v) is 3.66. The first-order valence-electron chi connectivity index (χ1n) is 5.97. The Bertz CT molecular complexity index is 349. The quantitative estimate of drug-likeness (QED) is 0.739. The molecule has 0 unspecified atom stereocenters. The van der Waals surface area contributed by atoms with Crippen molar-refractivity contribution >= 4 is 0 Å². The van der Waals surface area contributed by atoms with Crippen molar-refractivity contribution in [3.63, 3.8) is 0 Å². The Balaban J connectivity index is 2.30. The molecule has 0 spiro atoms. The first kappa shape index (κ1) is 10.7. The third kappa shape index (κ3) is 2.23. The van der Waals surface area contributed by atoms with Crippen molar-refractivity contribution in [3.05, 3.63) is 34.4 Å². The van der Waals surface area contributed by atoms with Gasteiger partial charge < -0.3 is 5.32 Å². The smallest absolute Gasteiger partial charge is 0.00431 e. The first-order chi connectivity index (χ1) is 7.18. The van der Waals surface area contributed by atoms with Crippen molar-refractivity contribution in [2.75, 3.05) is 13.1 Å². The molecule has 0 aromatic heterocycles. The highest BCUT2D eigenvalue weighted by atomic mass is 14.9. The van der Waals surface area contributed by atoms with Gasteiger partial charge in [-0.3, -0.25) is 0 Å². The van der Waals surface area contributed by atoms with E-state index in [9.17, 15) is 0 Å². The van der Waals surface area contributed by atoms with Crippen LogP contribution < -0.4 is 5.32 Å². The zero-order valence-electron chi connectivity index (χ0n) is 10.1. The predicted molar refractivity (Wildman–Crippen MR) is 65.5 cm³/mol. The van der Waals surface area contributed by atoms with E-state index in [-0.39, 0.29) is 0 Å². The topological polar surface area (TPSA) is 12.0 Å². The Labute approximate surface area is 92.9 Å². The summed E-state index contributed by atoms with van der Waals surface area (Å²) in [6, 6.07) is 4.74. The van der Waals surface area contributed by atoms with Gasteiger partial charge in [-0.2, -0.15) is 0 Å². The molecule has 0 aliphatic carbocycles.